The highest BCUT2D eigenvalue weighted by Gasteiger charge is 2.12. The van der Waals surface area contributed by atoms with Gasteiger partial charge in [0.15, 0.2) is 0 Å². The van der Waals surface area contributed by atoms with Gasteiger partial charge in [0.1, 0.15) is 5.83 Å². The van der Waals surface area contributed by atoms with Crippen LogP contribution < -0.4 is 0 Å². The molecule has 0 aromatic rings. The molecule has 0 nitrogen and oxygen atoms in total. The number of rotatable bonds is 0. The van der Waals surface area contributed by atoms with Crippen molar-refractivity contribution in [3.05, 3.63) is 23.0 Å². The molecule has 1 rings (SSSR count). The summed E-state index contributed by atoms with van der Waals surface area (Å²) in [6, 6.07) is 0. The summed E-state index contributed by atoms with van der Waals surface area (Å²) in [5, 5.41) is 0.740. The third-order valence-electron chi connectivity index (χ3n) is 1.40. The van der Waals surface area contributed by atoms with Crippen molar-refractivity contribution in [3.8, 4) is 0 Å². The monoisotopic (exact) mass is 146 g/mol. The molecule has 0 aromatic heterocycles. The molecule has 1 aliphatic carbocycles. The molecule has 0 heterocycles. The average Bonchev–Trinajstić information content (AvgIpc) is 1.80. The van der Waals surface area contributed by atoms with E-state index >= 15 is 0 Å². The van der Waals surface area contributed by atoms with Gasteiger partial charge < -0.3 is 0 Å². The van der Waals surface area contributed by atoms with E-state index in [4.69, 9.17) is 11.6 Å². The number of allylic oxidation sites excluding steroid dienone is 4. The van der Waals surface area contributed by atoms with Crippen LogP contribution in [0.25, 0.3) is 0 Å². The second-order valence-electron chi connectivity index (χ2n) is 2.27. The minimum atomic E-state index is -0.0700. The molecule has 0 aliphatic heterocycles. The normalized spacial score (nSPS) is 27.2. The van der Waals surface area contributed by atoms with Crippen LogP contribution in [0.5, 0.6) is 0 Å². The van der Waals surface area contributed by atoms with E-state index in [-0.39, 0.29) is 11.7 Å². The van der Waals surface area contributed by atoms with Gasteiger partial charge in [0, 0.05) is 11.0 Å². The highest BCUT2D eigenvalue weighted by Crippen LogP contribution is 2.26. The van der Waals surface area contributed by atoms with Gasteiger partial charge >= 0.3 is 0 Å². The SMILES string of the molecule is C[C@H]1CC(Cl)=CC=C1F. The first-order valence-electron chi connectivity index (χ1n) is 2.92. The summed E-state index contributed by atoms with van der Waals surface area (Å²) in [7, 11) is 0. The molecule has 0 unspecified atom stereocenters. The molecular weight excluding hydrogens is 139 g/mol. The summed E-state index contributed by atoms with van der Waals surface area (Å²) in [6.07, 6.45) is 3.68. The topological polar surface area (TPSA) is 0 Å². The third-order valence-corrected chi connectivity index (χ3v) is 1.68. The smallest absolute Gasteiger partial charge is 0.103 e. The van der Waals surface area contributed by atoms with Crippen LogP contribution >= 0.6 is 11.6 Å². The zero-order valence-electron chi connectivity index (χ0n) is 5.20. The maximum Gasteiger partial charge on any atom is 0.103 e. The van der Waals surface area contributed by atoms with Gasteiger partial charge in [-0.1, -0.05) is 18.5 Å². The summed E-state index contributed by atoms with van der Waals surface area (Å²) in [4.78, 5) is 0. The van der Waals surface area contributed by atoms with E-state index in [1.165, 1.54) is 6.08 Å². The summed E-state index contributed by atoms with van der Waals surface area (Å²) in [5.74, 6) is -0.0955. The molecule has 0 bridgehead atoms. The lowest BCUT2D eigenvalue weighted by molar-refractivity contribution is 0.488. The van der Waals surface area contributed by atoms with Crippen molar-refractivity contribution in [1.29, 1.82) is 0 Å². The molecule has 0 saturated carbocycles. The highest BCUT2D eigenvalue weighted by molar-refractivity contribution is 6.29. The molecule has 0 amide bonds. The van der Waals surface area contributed by atoms with Crippen molar-refractivity contribution in [1.82, 2.24) is 0 Å². The number of halogens is 2. The molecule has 0 fully saturated rings. The molecule has 0 N–H and O–H groups in total. The Balaban J connectivity index is 2.74. The van der Waals surface area contributed by atoms with Crippen LogP contribution in [0.15, 0.2) is 23.0 Å². The maximum absolute atomic E-state index is 12.5. The van der Waals surface area contributed by atoms with E-state index in [1.807, 2.05) is 6.92 Å². The van der Waals surface area contributed by atoms with E-state index in [0.717, 1.165) is 5.03 Å². The molecule has 0 spiro atoms. The Morgan fingerprint density at radius 2 is 2.33 bits per heavy atom. The molecule has 0 radical (unpaired) electrons. The Hall–Kier alpha value is -0.300. The van der Waals surface area contributed by atoms with Crippen LogP contribution in [0, 0.1) is 5.92 Å². The van der Waals surface area contributed by atoms with Gasteiger partial charge in [-0.3, -0.25) is 0 Å². The minimum absolute atomic E-state index is 0.0255. The van der Waals surface area contributed by atoms with E-state index in [0.29, 0.717) is 6.42 Å². The standard InChI is InChI=1S/C7H8ClF/c1-5-4-6(8)2-3-7(5)9/h2-3,5H,4H2,1H3/t5-/m0/s1. The Labute approximate surface area is 59.0 Å². The molecule has 0 saturated heterocycles. The van der Waals surface area contributed by atoms with Gasteiger partial charge in [-0.2, -0.15) is 0 Å². The predicted molar refractivity (Wildman–Crippen MR) is 36.9 cm³/mol. The average molecular weight is 147 g/mol. The first kappa shape index (κ1) is 6.81. The predicted octanol–water partition coefficient (Wildman–Crippen LogP) is 3.00. The lowest BCUT2D eigenvalue weighted by atomic mass is 10.0. The van der Waals surface area contributed by atoms with Crippen LogP contribution in [-0.4, -0.2) is 0 Å². The van der Waals surface area contributed by atoms with Crippen molar-refractivity contribution in [2.75, 3.05) is 0 Å². The summed E-state index contributed by atoms with van der Waals surface area (Å²) >= 11 is 5.63. The van der Waals surface area contributed by atoms with Crippen LogP contribution in [0.1, 0.15) is 13.3 Å². The fraction of sp³-hybridized carbons (Fsp3) is 0.429. The molecule has 2 heteroatoms. The van der Waals surface area contributed by atoms with Crippen LogP contribution in [0.3, 0.4) is 0 Å². The van der Waals surface area contributed by atoms with Gasteiger partial charge in [-0.25, -0.2) is 4.39 Å². The zero-order valence-corrected chi connectivity index (χ0v) is 5.95. The third kappa shape index (κ3) is 1.55. The molecule has 1 aliphatic rings. The van der Waals surface area contributed by atoms with Crippen LogP contribution in [0.4, 0.5) is 4.39 Å². The van der Waals surface area contributed by atoms with Crippen LogP contribution in [-0.2, 0) is 0 Å². The van der Waals surface area contributed by atoms with Gasteiger partial charge in [-0.05, 0) is 18.6 Å². The minimum Gasteiger partial charge on any atom is -0.212 e. The molecule has 9 heavy (non-hydrogen) atoms. The highest BCUT2D eigenvalue weighted by atomic mass is 35.5. The Morgan fingerprint density at radius 1 is 1.67 bits per heavy atom. The van der Waals surface area contributed by atoms with Crippen LogP contribution in [0.2, 0.25) is 0 Å². The maximum atomic E-state index is 12.5. The summed E-state index contributed by atoms with van der Waals surface area (Å²) < 4.78 is 12.5. The molecule has 0 aromatic carbocycles. The molecule has 1 atom stereocenters. The largest absolute Gasteiger partial charge is 0.212 e. The Morgan fingerprint density at radius 3 is 2.78 bits per heavy atom. The second kappa shape index (κ2) is 2.53. The van der Waals surface area contributed by atoms with Gasteiger partial charge in [-0.15, -0.1) is 0 Å². The van der Waals surface area contributed by atoms with E-state index in [2.05, 4.69) is 0 Å². The van der Waals surface area contributed by atoms with Gasteiger partial charge in [0.05, 0.1) is 0 Å². The first-order valence-corrected chi connectivity index (χ1v) is 3.29. The summed E-state index contributed by atoms with van der Waals surface area (Å²) in [6.45, 7) is 1.82. The van der Waals surface area contributed by atoms with Crippen molar-refractivity contribution < 1.29 is 4.39 Å². The van der Waals surface area contributed by atoms with E-state index in [9.17, 15) is 4.39 Å². The Kier molecular flexibility index (Phi) is 1.91. The quantitative estimate of drug-likeness (QED) is 0.493. The Bertz CT molecular complexity index is 170. The fourth-order valence-corrected chi connectivity index (χ4v) is 1.09. The van der Waals surface area contributed by atoms with E-state index in [1.54, 1.807) is 6.08 Å². The van der Waals surface area contributed by atoms with Gasteiger partial charge in [0.25, 0.3) is 0 Å². The second-order valence-corrected chi connectivity index (χ2v) is 2.76. The van der Waals surface area contributed by atoms with Gasteiger partial charge in [0.2, 0.25) is 0 Å². The number of hydrogen-bond acceptors (Lipinski definition) is 0. The lowest BCUT2D eigenvalue weighted by Gasteiger charge is -2.10. The summed E-state index contributed by atoms with van der Waals surface area (Å²) in [5.41, 5.74) is 0. The van der Waals surface area contributed by atoms with Crippen molar-refractivity contribution in [2.24, 2.45) is 5.92 Å². The lowest BCUT2D eigenvalue weighted by Crippen LogP contribution is -1.98. The fourth-order valence-electron chi connectivity index (χ4n) is 0.792. The van der Waals surface area contributed by atoms with Crippen molar-refractivity contribution in [2.45, 2.75) is 13.3 Å². The van der Waals surface area contributed by atoms with Crippen molar-refractivity contribution >= 4 is 11.6 Å². The van der Waals surface area contributed by atoms with E-state index < -0.39 is 0 Å². The number of hydrogen-bond donors (Lipinski definition) is 0. The zero-order chi connectivity index (χ0) is 6.85. The molecule has 50 valence electrons. The molecular formula is C7H8ClF. The first-order chi connectivity index (χ1) is 4.20. The van der Waals surface area contributed by atoms with Crippen molar-refractivity contribution in [3.63, 3.8) is 0 Å².